The summed E-state index contributed by atoms with van der Waals surface area (Å²) >= 11 is 0. The molecule has 3 atom stereocenters. The third kappa shape index (κ3) is 2.62. The third-order valence-corrected chi connectivity index (χ3v) is 4.54. The van der Waals surface area contributed by atoms with Crippen LogP contribution in [-0.4, -0.2) is 61.8 Å². The predicted octanol–water partition coefficient (Wildman–Crippen LogP) is 0.579. The fourth-order valence-corrected chi connectivity index (χ4v) is 3.37. The van der Waals surface area contributed by atoms with Crippen molar-refractivity contribution in [1.29, 1.82) is 0 Å². The average molecular weight is 355 g/mol. The first-order valence-corrected chi connectivity index (χ1v) is 7.76. The molecule has 1 aromatic rings. The molecule has 3 aliphatic rings. The van der Waals surface area contributed by atoms with E-state index in [0.29, 0.717) is 0 Å². The average Bonchev–Trinajstić information content (AvgIpc) is 3.19. The highest BCUT2D eigenvalue weighted by Crippen LogP contribution is 2.33. The number of hydrogen-bond acceptors (Lipinski definition) is 6. The van der Waals surface area contributed by atoms with Crippen molar-refractivity contribution >= 4 is 23.6 Å². The molecule has 2 N–H and O–H groups in total. The number of hydrogen-bond donors (Lipinski definition) is 2. The Kier molecular flexibility index (Phi) is 3.64. The van der Waals surface area contributed by atoms with Crippen molar-refractivity contribution < 1.29 is 33.0 Å². The largest absolute Gasteiger partial charge is 0.442 e. The van der Waals surface area contributed by atoms with Gasteiger partial charge in [-0.3, -0.25) is 4.90 Å². The first kappa shape index (κ1) is 15.9. The number of nitrogens with zero attached hydrogens (tertiary/aromatic N) is 2. The highest BCUT2D eigenvalue weighted by molar-refractivity contribution is 5.90. The quantitative estimate of drug-likeness (QED) is 0.824. The van der Waals surface area contributed by atoms with E-state index in [9.17, 15) is 18.4 Å². The number of rotatable bonds is 3. The SMILES string of the molecule is O=C1NC2CN(c3c(F)cc(N4C[C@H](CO)OC4=O)cc3F)CC2O1. The number of aliphatic hydroxyl groups excluding tert-OH is 1. The minimum atomic E-state index is -0.832. The normalized spacial score (nSPS) is 28.0. The van der Waals surface area contributed by atoms with Crippen LogP contribution >= 0.6 is 0 Å². The number of carbonyl (C=O) groups is 2. The number of alkyl carbamates (subject to hydrolysis) is 1. The van der Waals surface area contributed by atoms with Gasteiger partial charge in [0, 0.05) is 18.7 Å². The van der Waals surface area contributed by atoms with Crippen LogP contribution in [-0.2, 0) is 9.47 Å². The van der Waals surface area contributed by atoms with Crippen molar-refractivity contribution in [2.24, 2.45) is 0 Å². The van der Waals surface area contributed by atoms with E-state index in [1.807, 2.05) is 0 Å². The van der Waals surface area contributed by atoms with E-state index < -0.39 is 36.0 Å². The topological polar surface area (TPSA) is 91.3 Å². The van der Waals surface area contributed by atoms with Gasteiger partial charge in [0.2, 0.25) is 0 Å². The van der Waals surface area contributed by atoms with Crippen LogP contribution in [0.5, 0.6) is 0 Å². The van der Waals surface area contributed by atoms with E-state index in [0.717, 1.165) is 17.0 Å². The molecule has 10 heteroatoms. The molecule has 4 rings (SSSR count). The number of halogens is 2. The van der Waals surface area contributed by atoms with E-state index in [1.54, 1.807) is 0 Å². The van der Waals surface area contributed by atoms with Crippen LogP contribution in [0.4, 0.5) is 29.7 Å². The summed E-state index contributed by atoms with van der Waals surface area (Å²) in [5.41, 5.74) is -0.217. The Morgan fingerprint density at radius 1 is 1.16 bits per heavy atom. The highest BCUT2D eigenvalue weighted by atomic mass is 19.1. The number of aliphatic hydroxyl groups is 1. The zero-order chi connectivity index (χ0) is 17.7. The summed E-state index contributed by atoms with van der Waals surface area (Å²) in [6.45, 7) is 0.0473. The summed E-state index contributed by atoms with van der Waals surface area (Å²) in [6.07, 6.45) is -2.48. The second kappa shape index (κ2) is 5.73. The number of cyclic esters (lactones) is 1. The maximum absolute atomic E-state index is 14.5. The van der Waals surface area contributed by atoms with E-state index >= 15 is 0 Å². The summed E-state index contributed by atoms with van der Waals surface area (Å²) in [5, 5.41) is 11.6. The van der Waals surface area contributed by atoms with Crippen LogP contribution in [0.1, 0.15) is 0 Å². The molecule has 3 aliphatic heterocycles. The molecule has 0 aliphatic carbocycles. The Balaban J connectivity index is 1.58. The molecular weight excluding hydrogens is 340 g/mol. The molecule has 1 aromatic carbocycles. The molecule has 3 fully saturated rings. The molecule has 0 spiro atoms. The monoisotopic (exact) mass is 355 g/mol. The fraction of sp³-hybridized carbons (Fsp3) is 0.467. The molecule has 0 saturated carbocycles. The minimum Gasteiger partial charge on any atom is -0.442 e. The standard InChI is InChI=1S/C15H15F2N3O5/c16-9-1-7(20-3-8(6-21)24-15(20)23)2-10(17)13(9)19-4-11-12(5-19)25-14(22)18-11/h1-2,8,11-12,21H,3-6H2,(H,18,22)/t8-,11?,12?/m1/s1. The van der Waals surface area contributed by atoms with Crippen molar-refractivity contribution in [3.05, 3.63) is 23.8 Å². The summed E-state index contributed by atoms with van der Waals surface area (Å²) < 4.78 is 39.0. The molecule has 134 valence electrons. The number of nitrogens with one attached hydrogen (secondary N) is 1. The third-order valence-electron chi connectivity index (χ3n) is 4.54. The lowest BCUT2D eigenvalue weighted by atomic mass is 10.2. The minimum absolute atomic E-state index is 0.0152. The highest BCUT2D eigenvalue weighted by Gasteiger charge is 2.43. The lowest BCUT2D eigenvalue weighted by molar-refractivity contribution is 0.0963. The van der Waals surface area contributed by atoms with Crippen LogP contribution in [0.15, 0.2) is 12.1 Å². The van der Waals surface area contributed by atoms with Crippen LogP contribution < -0.4 is 15.1 Å². The van der Waals surface area contributed by atoms with Gasteiger partial charge in [-0.25, -0.2) is 18.4 Å². The molecule has 0 radical (unpaired) electrons. The molecule has 8 nitrogen and oxygen atoms in total. The van der Waals surface area contributed by atoms with Crippen molar-refractivity contribution in [2.45, 2.75) is 18.2 Å². The summed E-state index contributed by atoms with van der Waals surface area (Å²) in [7, 11) is 0. The van der Waals surface area contributed by atoms with Gasteiger partial charge in [-0.1, -0.05) is 0 Å². The molecule has 3 heterocycles. The number of fused-ring (bicyclic) bond motifs is 1. The van der Waals surface area contributed by atoms with Gasteiger partial charge in [-0.15, -0.1) is 0 Å². The molecule has 0 aromatic heterocycles. The van der Waals surface area contributed by atoms with Gasteiger partial charge >= 0.3 is 12.2 Å². The Labute approximate surface area is 140 Å². The summed E-state index contributed by atoms with van der Waals surface area (Å²) in [4.78, 5) is 25.4. The Bertz CT molecular complexity index is 707. The summed E-state index contributed by atoms with van der Waals surface area (Å²) in [6, 6.07) is 1.78. The van der Waals surface area contributed by atoms with Gasteiger partial charge in [0.05, 0.1) is 31.4 Å². The van der Waals surface area contributed by atoms with E-state index in [2.05, 4.69) is 5.32 Å². The molecule has 25 heavy (non-hydrogen) atoms. The number of amides is 2. The number of anilines is 2. The number of benzene rings is 1. The summed E-state index contributed by atoms with van der Waals surface area (Å²) in [5.74, 6) is -1.66. The van der Waals surface area contributed by atoms with E-state index in [4.69, 9.17) is 14.6 Å². The van der Waals surface area contributed by atoms with Crippen LogP contribution in [0, 0.1) is 11.6 Å². The zero-order valence-corrected chi connectivity index (χ0v) is 12.9. The van der Waals surface area contributed by atoms with Gasteiger partial charge in [0.1, 0.15) is 17.9 Å². The number of carbonyl (C=O) groups excluding carboxylic acids is 2. The van der Waals surface area contributed by atoms with E-state index in [-0.39, 0.29) is 43.7 Å². The van der Waals surface area contributed by atoms with Crippen molar-refractivity contribution in [1.82, 2.24) is 5.32 Å². The lowest BCUT2D eigenvalue weighted by Gasteiger charge is -2.22. The second-order valence-corrected chi connectivity index (χ2v) is 6.16. The fourth-order valence-electron chi connectivity index (χ4n) is 3.37. The molecule has 0 bridgehead atoms. The molecule has 3 saturated heterocycles. The van der Waals surface area contributed by atoms with Crippen LogP contribution in [0.3, 0.4) is 0 Å². The Morgan fingerprint density at radius 2 is 1.88 bits per heavy atom. The molecule has 2 amide bonds. The second-order valence-electron chi connectivity index (χ2n) is 6.16. The van der Waals surface area contributed by atoms with Gasteiger partial charge < -0.3 is 24.8 Å². The van der Waals surface area contributed by atoms with E-state index in [1.165, 1.54) is 4.90 Å². The van der Waals surface area contributed by atoms with Crippen LogP contribution in [0.25, 0.3) is 0 Å². The first-order chi connectivity index (χ1) is 12.0. The first-order valence-electron chi connectivity index (χ1n) is 7.76. The van der Waals surface area contributed by atoms with Gasteiger partial charge in [0.15, 0.2) is 11.6 Å². The Hall–Kier alpha value is -2.62. The molecular formula is C15H15F2N3O5. The van der Waals surface area contributed by atoms with Crippen LogP contribution in [0.2, 0.25) is 0 Å². The van der Waals surface area contributed by atoms with Gasteiger partial charge in [-0.05, 0) is 0 Å². The van der Waals surface area contributed by atoms with Crippen molar-refractivity contribution in [3.63, 3.8) is 0 Å². The zero-order valence-electron chi connectivity index (χ0n) is 12.9. The van der Waals surface area contributed by atoms with Gasteiger partial charge in [-0.2, -0.15) is 0 Å². The smallest absolute Gasteiger partial charge is 0.414 e. The Morgan fingerprint density at radius 3 is 2.48 bits per heavy atom. The van der Waals surface area contributed by atoms with Gasteiger partial charge in [0.25, 0.3) is 0 Å². The van der Waals surface area contributed by atoms with Crippen molar-refractivity contribution in [2.75, 3.05) is 36.0 Å². The predicted molar refractivity (Wildman–Crippen MR) is 80.5 cm³/mol. The maximum Gasteiger partial charge on any atom is 0.414 e. The lowest BCUT2D eigenvalue weighted by Crippen LogP contribution is -2.33. The molecule has 2 unspecified atom stereocenters. The number of ether oxygens (including phenoxy) is 2. The van der Waals surface area contributed by atoms with Crippen molar-refractivity contribution in [3.8, 4) is 0 Å². The maximum atomic E-state index is 14.5.